The molecule has 0 saturated heterocycles. The van der Waals surface area contributed by atoms with Gasteiger partial charge in [0, 0.05) is 39.7 Å². The van der Waals surface area contributed by atoms with E-state index in [-0.39, 0.29) is 6.42 Å². The highest BCUT2D eigenvalue weighted by Gasteiger charge is 2.42. The van der Waals surface area contributed by atoms with Crippen molar-refractivity contribution in [1.82, 2.24) is 9.97 Å². The maximum Gasteiger partial charge on any atom is 0.166 e. The van der Waals surface area contributed by atoms with Crippen molar-refractivity contribution in [3.05, 3.63) is 82.7 Å². The Balaban J connectivity index is 1.87. The quantitative estimate of drug-likeness (QED) is 0.138. The van der Waals surface area contributed by atoms with Crippen LogP contribution in [0.4, 0.5) is 17.6 Å². The second-order valence-electron chi connectivity index (χ2n) is 9.99. The van der Waals surface area contributed by atoms with Crippen molar-refractivity contribution in [2.45, 2.75) is 77.6 Å². The second-order valence-corrected chi connectivity index (χ2v) is 9.99. The molecule has 0 atom stereocenters. The molecule has 2 nitrogen and oxygen atoms in total. The lowest BCUT2D eigenvalue weighted by atomic mass is 9.69. The molecule has 0 aliphatic heterocycles. The molecule has 4 aromatic rings. The fourth-order valence-electron chi connectivity index (χ4n) is 5.44. The van der Waals surface area contributed by atoms with Gasteiger partial charge in [-0.15, -0.1) is 0 Å². The fraction of sp³-hybridized carbons (Fsp3) is 0.400. The fourth-order valence-corrected chi connectivity index (χ4v) is 5.44. The highest BCUT2D eigenvalue weighted by Crippen LogP contribution is 2.44. The Labute approximate surface area is 209 Å². The van der Waals surface area contributed by atoms with E-state index in [0.29, 0.717) is 25.7 Å². The van der Waals surface area contributed by atoms with Crippen LogP contribution in [0.25, 0.3) is 21.8 Å². The molecule has 6 heteroatoms. The summed E-state index contributed by atoms with van der Waals surface area (Å²) >= 11 is 0. The standard InChI is InChI=1S/C30H32F4N2/c1-6-29(5,7-2)21-23(31)25(33)22(26(34)24(21)32)30(8-3,9-4)16-18-15-20-13-12-19-11-10-14-35-27(19)28(20)36-17-18/h10-15,17H,6-9,16H2,1-5H3. The Kier molecular flexibility index (Phi) is 7.09. The zero-order valence-electron chi connectivity index (χ0n) is 21.5. The van der Waals surface area contributed by atoms with Gasteiger partial charge in [-0.1, -0.05) is 52.8 Å². The van der Waals surface area contributed by atoms with Crippen LogP contribution in [-0.2, 0) is 17.3 Å². The normalized spacial score (nSPS) is 12.6. The number of halogens is 4. The summed E-state index contributed by atoms with van der Waals surface area (Å²) in [4.78, 5) is 9.04. The summed E-state index contributed by atoms with van der Waals surface area (Å²) < 4.78 is 62.3. The maximum absolute atomic E-state index is 15.7. The van der Waals surface area contributed by atoms with Crippen molar-refractivity contribution >= 4 is 21.8 Å². The number of hydrogen-bond acceptors (Lipinski definition) is 2. The predicted molar refractivity (Wildman–Crippen MR) is 137 cm³/mol. The van der Waals surface area contributed by atoms with Crippen LogP contribution < -0.4 is 0 Å². The van der Waals surface area contributed by atoms with Gasteiger partial charge in [-0.05, 0) is 55.2 Å². The average Bonchev–Trinajstić information content (AvgIpc) is 2.91. The average molecular weight is 497 g/mol. The zero-order valence-corrected chi connectivity index (χ0v) is 21.5. The van der Waals surface area contributed by atoms with Crippen molar-refractivity contribution in [1.29, 1.82) is 0 Å². The van der Waals surface area contributed by atoms with Gasteiger partial charge in [-0.25, -0.2) is 17.6 Å². The first-order valence-corrected chi connectivity index (χ1v) is 12.7. The van der Waals surface area contributed by atoms with Gasteiger partial charge >= 0.3 is 0 Å². The van der Waals surface area contributed by atoms with Crippen molar-refractivity contribution in [2.75, 3.05) is 0 Å². The monoisotopic (exact) mass is 496 g/mol. The van der Waals surface area contributed by atoms with Crippen molar-refractivity contribution < 1.29 is 17.6 Å². The SMILES string of the molecule is CCC(C)(CC)c1c(F)c(F)c(C(CC)(CC)Cc2cnc3c(ccc4cccnc43)c2)c(F)c1F. The lowest BCUT2D eigenvalue weighted by molar-refractivity contribution is 0.312. The first-order valence-electron chi connectivity index (χ1n) is 12.7. The number of nitrogens with zero attached hydrogens (tertiary/aromatic N) is 2. The molecule has 0 aliphatic carbocycles. The van der Waals surface area contributed by atoms with Crippen molar-refractivity contribution in [3.63, 3.8) is 0 Å². The summed E-state index contributed by atoms with van der Waals surface area (Å²) in [6, 6.07) is 9.61. The van der Waals surface area contributed by atoms with Crippen LogP contribution in [0.3, 0.4) is 0 Å². The molecule has 0 fully saturated rings. The van der Waals surface area contributed by atoms with E-state index in [1.165, 1.54) is 0 Å². The van der Waals surface area contributed by atoms with Gasteiger partial charge in [-0.3, -0.25) is 9.97 Å². The topological polar surface area (TPSA) is 25.8 Å². The van der Waals surface area contributed by atoms with Gasteiger partial charge in [0.05, 0.1) is 11.0 Å². The Bertz CT molecular complexity index is 1390. The summed E-state index contributed by atoms with van der Waals surface area (Å²) in [5.74, 6) is -5.14. The third-order valence-corrected chi connectivity index (χ3v) is 8.33. The molecule has 0 spiro atoms. The predicted octanol–water partition coefficient (Wildman–Crippen LogP) is 8.72. The maximum atomic E-state index is 15.7. The summed E-state index contributed by atoms with van der Waals surface area (Å²) in [5.41, 5.74) is -0.933. The van der Waals surface area contributed by atoms with Gasteiger partial charge < -0.3 is 0 Å². The summed E-state index contributed by atoms with van der Waals surface area (Å²) in [6.07, 6.45) is 4.87. The van der Waals surface area contributed by atoms with E-state index in [2.05, 4.69) is 9.97 Å². The molecule has 0 unspecified atom stereocenters. The molecule has 0 saturated carbocycles. The van der Waals surface area contributed by atoms with Crippen LogP contribution in [0, 0.1) is 23.3 Å². The molecule has 2 aromatic heterocycles. The zero-order chi connectivity index (χ0) is 26.3. The molecule has 2 heterocycles. The largest absolute Gasteiger partial charge is 0.254 e. The molecule has 0 aliphatic rings. The molecule has 4 rings (SSSR count). The number of aromatic nitrogens is 2. The number of rotatable bonds is 8. The molecule has 190 valence electrons. The molecule has 0 bridgehead atoms. The first-order chi connectivity index (χ1) is 17.2. The Hall–Kier alpha value is -3.02. The summed E-state index contributed by atoms with van der Waals surface area (Å²) in [7, 11) is 0. The number of benzene rings is 2. The lowest BCUT2D eigenvalue weighted by Gasteiger charge is -2.35. The van der Waals surface area contributed by atoms with Crippen LogP contribution in [0.15, 0.2) is 42.7 Å². The third kappa shape index (κ3) is 4.04. The van der Waals surface area contributed by atoms with Crippen molar-refractivity contribution in [2.24, 2.45) is 0 Å². The highest BCUT2D eigenvalue weighted by atomic mass is 19.2. The minimum absolute atomic E-state index is 0.189. The minimum Gasteiger partial charge on any atom is -0.254 e. The van der Waals surface area contributed by atoms with Crippen LogP contribution in [0.1, 0.15) is 77.0 Å². The van der Waals surface area contributed by atoms with Crippen LogP contribution in [0.2, 0.25) is 0 Å². The molecule has 2 aromatic carbocycles. The molecular weight excluding hydrogens is 464 g/mol. The molecule has 36 heavy (non-hydrogen) atoms. The Morgan fingerprint density at radius 1 is 0.694 bits per heavy atom. The smallest absolute Gasteiger partial charge is 0.166 e. The number of fused-ring (bicyclic) bond motifs is 3. The number of pyridine rings is 2. The van der Waals surface area contributed by atoms with E-state index in [4.69, 9.17) is 0 Å². The van der Waals surface area contributed by atoms with Crippen LogP contribution >= 0.6 is 0 Å². The van der Waals surface area contributed by atoms with Gasteiger partial charge in [0.25, 0.3) is 0 Å². The van der Waals surface area contributed by atoms with Crippen LogP contribution in [-0.4, -0.2) is 9.97 Å². The summed E-state index contributed by atoms with van der Waals surface area (Å²) in [6.45, 7) is 8.75. The van der Waals surface area contributed by atoms with Gasteiger partial charge in [-0.2, -0.15) is 0 Å². The number of hydrogen-bond donors (Lipinski definition) is 0. The van der Waals surface area contributed by atoms with Gasteiger partial charge in [0.15, 0.2) is 23.3 Å². The second kappa shape index (κ2) is 9.79. The first kappa shape index (κ1) is 26.1. The van der Waals surface area contributed by atoms with Gasteiger partial charge in [0.1, 0.15) is 0 Å². The molecule has 0 N–H and O–H groups in total. The highest BCUT2D eigenvalue weighted by molar-refractivity contribution is 6.02. The van der Waals surface area contributed by atoms with E-state index < -0.39 is 45.2 Å². The Morgan fingerprint density at radius 3 is 1.83 bits per heavy atom. The van der Waals surface area contributed by atoms with E-state index >= 15 is 17.6 Å². The Morgan fingerprint density at radius 2 is 1.25 bits per heavy atom. The third-order valence-electron chi connectivity index (χ3n) is 8.33. The summed E-state index contributed by atoms with van der Waals surface area (Å²) in [5, 5.41) is 1.80. The molecule has 0 amide bonds. The van der Waals surface area contributed by atoms with Gasteiger partial charge in [0.2, 0.25) is 0 Å². The van der Waals surface area contributed by atoms with E-state index in [1.807, 2.05) is 30.3 Å². The van der Waals surface area contributed by atoms with E-state index in [0.717, 1.165) is 27.4 Å². The van der Waals surface area contributed by atoms with Crippen molar-refractivity contribution in [3.8, 4) is 0 Å². The van der Waals surface area contributed by atoms with E-state index in [9.17, 15) is 0 Å². The van der Waals surface area contributed by atoms with E-state index in [1.54, 1.807) is 47.0 Å². The lowest BCUT2D eigenvalue weighted by Crippen LogP contribution is -2.33. The molecular formula is C30H32F4N2. The molecule has 0 radical (unpaired) electrons. The van der Waals surface area contributed by atoms with Crippen LogP contribution in [0.5, 0.6) is 0 Å². The minimum atomic E-state index is -1.29.